The second-order valence-corrected chi connectivity index (χ2v) is 5.68. The Morgan fingerprint density at radius 2 is 2.05 bits per heavy atom. The number of rotatable bonds is 2. The fourth-order valence-electron chi connectivity index (χ4n) is 1.57. The van der Waals surface area contributed by atoms with Gasteiger partial charge in [-0.05, 0) is 6.07 Å². The van der Waals surface area contributed by atoms with Crippen LogP contribution in [-0.2, 0) is 5.41 Å². The van der Waals surface area contributed by atoms with E-state index in [0.29, 0.717) is 0 Å². The molecule has 0 amide bonds. The van der Waals surface area contributed by atoms with E-state index in [1.165, 1.54) is 13.2 Å². The van der Waals surface area contributed by atoms with Gasteiger partial charge in [0.2, 0.25) is 5.89 Å². The summed E-state index contributed by atoms with van der Waals surface area (Å²) in [5, 5.41) is 4.13. The third-order valence-electron chi connectivity index (χ3n) is 2.64. The Morgan fingerprint density at radius 3 is 2.55 bits per heavy atom. The highest BCUT2D eigenvalue weighted by Crippen LogP contribution is 2.29. The van der Waals surface area contributed by atoms with Crippen molar-refractivity contribution in [1.29, 1.82) is 0 Å². The second-order valence-electron chi connectivity index (χ2n) is 5.27. The van der Waals surface area contributed by atoms with Crippen molar-refractivity contribution in [2.75, 3.05) is 7.11 Å². The van der Waals surface area contributed by atoms with Crippen molar-refractivity contribution >= 4 is 11.6 Å². The molecule has 1 aromatic heterocycles. The van der Waals surface area contributed by atoms with Gasteiger partial charge in [-0.3, -0.25) is 0 Å². The first-order valence-corrected chi connectivity index (χ1v) is 6.26. The van der Waals surface area contributed by atoms with Crippen molar-refractivity contribution in [2.24, 2.45) is 0 Å². The molecule has 0 saturated carbocycles. The Labute approximate surface area is 119 Å². The van der Waals surface area contributed by atoms with Crippen LogP contribution in [0, 0.1) is 5.82 Å². The predicted octanol–water partition coefficient (Wildman–Crippen LogP) is 2.92. The summed E-state index contributed by atoms with van der Waals surface area (Å²) >= 11 is 5.81. The number of aromatic nitrogens is 2. The number of hydrogen-bond donors (Lipinski definition) is 0. The van der Waals surface area contributed by atoms with Crippen LogP contribution in [0.4, 0.5) is 4.39 Å². The SMILES string of the molecule is COc1cc(-n2nc(C(C)(C)C)oc2=O)c(F)cc1Cl. The van der Waals surface area contributed by atoms with E-state index in [9.17, 15) is 9.18 Å². The molecule has 0 atom stereocenters. The summed E-state index contributed by atoms with van der Waals surface area (Å²) in [7, 11) is 1.40. The van der Waals surface area contributed by atoms with Crippen LogP contribution in [0.1, 0.15) is 26.7 Å². The van der Waals surface area contributed by atoms with Gasteiger partial charge >= 0.3 is 5.76 Å². The van der Waals surface area contributed by atoms with Gasteiger partial charge in [-0.25, -0.2) is 9.18 Å². The summed E-state index contributed by atoms with van der Waals surface area (Å²) in [6, 6.07) is 2.36. The van der Waals surface area contributed by atoms with E-state index in [4.69, 9.17) is 20.8 Å². The van der Waals surface area contributed by atoms with Crippen LogP contribution in [0.2, 0.25) is 5.02 Å². The van der Waals surface area contributed by atoms with Gasteiger partial charge in [0.1, 0.15) is 11.4 Å². The number of halogens is 2. The summed E-state index contributed by atoms with van der Waals surface area (Å²) in [5.41, 5.74) is -0.535. The highest BCUT2D eigenvalue weighted by Gasteiger charge is 2.24. The lowest BCUT2D eigenvalue weighted by molar-refractivity contribution is 0.375. The highest BCUT2D eigenvalue weighted by molar-refractivity contribution is 6.32. The largest absolute Gasteiger partial charge is 0.495 e. The highest BCUT2D eigenvalue weighted by atomic mass is 35.5. The molecule has 2 rings (SSSR count). The van der Waals surface area contributed by atoms with Gasteiger partial charge in [0.15, 0.2) is 5.82 Å². The van der Waals surface area contributed by atoms with Crippen molar-refractivity contribution in [3.05, 3.63) is 39.4 Å². The molecule has 0 radical (unpaired) electrons. The zero-order valence-corrected chi connectivity index (χ0v) is 12.3. The van der Waals surface area contributed by atoms with Crippen molar-refractivity contribution in [2.45, 2.75) is 26.2 Å². The van der Waals surface area contributed by atoms with Crippen molar-refractivity contribution in [3.63, 3.8) is 0 Å². The summed E-state index contributed by atoms with van der Waals surface area (Å²) in [5.74, 6) is -0.990. The van der Waals surface area contributed by atoms with Gasteiger partial charge in [-0.1, -0.05) is 32.4 Å². The molecule has 0 bridgehead atoms. The van der Waals surface area contributed by atoms with Crippen LogP contribution in [-0.4, -0.2) is 16.9 Å². The molecule has 0 saturated heterocycles. The zero-order valence-electron chi connectivity index (χ0n) is 11.5. The molecule has 0 fully saturated rings. The molecular weight excluding hydrogens is 287 g/mol. The summed E-state index contributed by atoms with van der Waals surface area (Å²) < 4.78 is 24.9. The molecule has 0 aliphatic carbocycles. The third kappa shape index (κ3) is 2.56. The average molecular weight is 301 g/mol. The number of hydrogen-bond acceptors (Lipinski definition) is 4. The monoisotopic (exact) mass is 300 g/mol. The fraction of sp³-hybridized carbons (Fsp3) is 0.385. The van der Waals surface area contributed by atoms with Gasteiger partial charge in [0.05, 0.1) is 12.1 Å². The lowest BCUT2D eigenvalue weighted by Crippen LogP contribution is -2.16. The van der Waals surface area contributed by atoms with Crippen molar-refractivity contribution in [3.8, 4) is 11.4 Å². The average Bonchev–Trinajstić information content (AvgIpc) is 2.71. The molecule has 0 aliphatic rings. The number of ether oxygens (including phenoxy) is 1. The van der Waals surface area contributed by atoms with E-state index in [2.05, 4.69) is 5.10 Å². The van der Waals surface area contributed by atoms with Crippen LogP contribution in [0.5, 0.6) is 5.75 Å². The van der Waals surface area contributed by atoms with Crippen LogP contribution >= 0.6 is 11.6 Å². The maximum Gasteiger partial charge on any atom is 0.442 e. The first-order valence-electron chi connectivity index (χ1n) is 5.88. The molecular formula is C13H14ClFN2O3. The minimum atomic E-state index is -0.766. The predicted molar refractivity (Wildman–Crippen MR) is 72.3 cm³/mol. The lowest BCUT2D eigenvalue weighted by atomic mass is 9.97. The topological polar surface area (TPSA) is 57.3 Å². The molecule has 108 valence electrons. The maximum atomic E-state index is 14.0. The first-order chi connectivity index (χ1) is 9.24. The van der Waals surface area contributed by atoms with E-state index in [1.54, 1.807) is 0 Å². The number of methoxy groups -OCH3 is 1. The van der Waals surface area contributed by atoms with Crippen molar-refractivity contribution < 1.29 is 13.5 Å². The lowest BCUT2D eigenvalue weighted by Gasteiger charge is -2.11. The van der Waals surface area contributed by atoms with E-state index >= 15 is 0 Å². The fourth-order valence-corrected chi connectivity index (χ4v) is 1.80. The minimum Gasteiger partial charge on any atom is -0.495 e. The molecule has 20 heavy (non-hydrogen) atoms. The van der Waals surface area contributed by atoms with Gasteiger partial charge in [-0.15, -0.1) is 5.10 Å². The van der Waals surface area contributed by atoms with Gasteiger partial charge in [0, 0.05) is 11.5 Å². The van der Waals surface area contributed by atoms with Gasteiger partial charge in [-0.2, -0.15) is 4.68 Å². The van der Waals surface area contributed by atoms with Gasteiger partial charge < -0.3 is 9.15 Å². The molecule has 1 aromatic carbocycles. The maximum absolute atomic E-state index is 14.0. The summed E-state index contributed by atoms with van der Waals surface area (Å²) in [6.07, 6.45) is 0. The Morgan fingerprint density at radius 1 is 1.40 bits per heavy atom. The normalized spacial score (nSPS) is 11.7. The molecule has 1 heterocycles. The quantitative estimate of drug-likeness (QED) is 0.855. The molecule has 0 N–H and O–H groups in total. The first kappa shape index (κ1) is 14.6. The second kappa shape index (κ2) is 4.94. The molecule has 0 unspecified atom stereocenters. The molecule has 0 aliphatic heterocycles. The van der Waals surface area contributed by atoms with Crippen LogP contribution in [0.3, 0.4) is 0 Å². The van der Waals surface area contributed by atoms with E-state index in [1.807, 2.05) is 20.8 Å². The number of benzene rings is 1. The Hall–Kier alpha value is -1.82. The number of nitrogens with zero attached hydrogens (tertiary/aromatic N) is 2. The molecule has 2 aromatic rings. The van der Waals surface area contributed by atoms with Crippen LogP contribution in [0.15, 0.2) is 21.3 Å². The molecule has 7 heteroatoms. The zero-order chi connectivity index (χ0) is 15.1. The third-order valence-corrected chi connectivity index (χ3v) is 2.93. The summed E-state index contributed by atoms with van der Waals surface area (Å²) in [4.78, 5) is 11.8. The van der Waals surface area contributed by atoms with E-state index in [0.717, 1.165) is 10.7 Å². The molecule has 5 nitrogen and oxygen atoms in total. The minimum absolute atomic E-state index is 0.0736. The Bertz CT molecular complexity index is 701. The Balaban J connectivity index is 2.63. The summed E-state index contributed by atoms with van der Waals surface area (Å²) in [6.45, 7) is 5.50. The smallest absolute Gasteiger partial charge is 0.442 e. The standard InChI is InChI=1S/C13H14ClFN2O3/c1-13(2,3)11-16-17(12(18)20-11)9-6-10(19-4)7(14)5-8(9)15/h5-6H,1-4H3. The van der Waals surface area contributed by atoms with Crippen LogP contribution in [0.25, 0.3) is 5.69 Å². The van der Waals surface area contributed by atoms with Gasteiger partial charge in [0.25, 0.3) is 0 Å². The van der Waals surface area contributed by atoms with E-state index in [-0.39, 0.29) is 22.4 Å². The van der Waals surface area contributed by atoms with Crippen molar-refractivity contribution in [1.82, 2.24) is 9.78 Å². The molecule has 0 spiro atoms. The Kier molecular flexibility index (Phi) is 3.60. The van der Waals surface area contributed by atoms with E-state index < -0.39 is 17.0 Å². The van der Waals surface area contributed by atoms with Crippen LogP contribution < -0.4 is 10.5 Å².